The normalized spacial score (nSPS) is 11.1. The van der Waals surface area contributed by atoms with Gasteiger partial charge in [-0.2, -0.15) is 0 Å². The second kappa shape index (κ2) is 11.6. The number of hydrogen-bond donors (Lipinski definition) is 0. The number of hydrogen-bond acceptors (Lipinski definition) is 0. The smallest absolute Gasteiger partial charge is 0.0534 e. The Morgan fingerprint density at radius 1 is 0.289 bits per heavy atom. The summed E-state index contributed by atoms with van der Waals surface area (Å²) in [7, 11) is 0. The van der Waals surface area contributed by atoms with E-state index in [9.17, 15) is 0 Å². The highest BCUT2D eigenvalue weighted by Crippen LogP contribution is 2.40. The molecule has 0 fully saturated rings. The molecule has 0 saturated carbocycles. The molecular formula is C42H31N3. The molecule has 8 aromatic rings. The summed E-state index contributed by atoms with van der Waals surface area (Å²) in [6.07, 6.45) is 9.09. The largest absolute Gasteiger partial charge is 0.323 e. The molecule has 0 atom stereocenters. The molecule has 3 heterocycles. The van der Waals surface area contributed by atoms with Gasteiger partial charge in [0, 0.05) is 64.1 Å². The predicted molar refractivity (Wildman–Crippen MR) is 186 cm³/mol. The summed E-state index contributed by atoms with van der Waals surface area (Å²) in [6, 6.07) is 57.7. The van der Waals surface area contributed by atoms with Crippen molar-refractivity contribution in [3.05, 3.63) is 189 Å². The third-order valence-corrected chi connectivity index (χ3v) is 8.35. The van der Waals surface area contributed by atoms with Crippen LogP contribution >= 0.6 is 0 Å². The van der Waals surface area contributed by atoms with Crippen LogP contribution < -0.4 is 0 Å². The van der Waals surface area contributed by atoms with Gasteiger partial charge in [0.2, 0.25) is 0 Å². The highest BCUT2D eigenvalue weighted by atomic mass is 15.0. The number of para-hydroxylation sites is 3. The second-order valence-corrected chi connectivity index (χ2v) is 11.2. The summed E-state index contributed by atoms with van der Waals surface area (Å²) in [5.74, 6) is 0. The SMILES string of the molecule is c1ccc(-c2cc(-c3cn(-c4ccccc4)cc3-c3cc(-c4ccccc4)n(-c4ccccc4)c3)cn2-c2ccccc2)cc1. The molecule has 0 aliphatic rings. The van der Waals surface area contributed by atoms with Crippen LogP contribution in [0.5, 0.6) is 0 Å². The molecule has 8 rings (SSSR count). The summed E-state index contributed by atoms with van der Waals surface area (Å²) in [4.78, 5) is 0. The van der Waals surface area contributed by atoms with E-state index in [2.05, 4.69) is 202 Å². The lowest BCUT2D eigenvalue weighted by molar-refractivity contribution is 1.08. The number of rotatable bonds is 7. The summed E-state index contributed by atoms with van der Waals surface area (Å²) >= 11 is 0. The van der Waals surface area contributed by atoms with E-state index in [0.717, 1.165) is 39.6 Å². The minimum atomic E-state index is 1.13. The zero-order chi connectivity index (χ0) is 30.0. The average Bonchev–Trinajstić information content (AvgIpc) is 3.88. The van der Waals surface area contributed by atoms with Crippen molar-refractivity contribution in [2.24, 2.45) is 0 Å². The van der Waals surface area contributed by atoms with Crippen LogP contribution in [0.15, 0.2) is 189 Å². The third kappa shape index (κ3) is 5.11. The monoisotopic (exact) mass is 577 g/mol. The fourth-order valence-corrected chi connectivity index (χ4v) is 6.15. The first kappa shape index (κ1) is 26.6. The molecule has 0 spiro atoms. The summed E-state index contributed by atoms with van der Waals surface area (Å²) in [5, 5.41) is 0. The molecule has 3 aromatic heterocycles. The maximum absolute atomic E-state index is 2.32. The fourth-order valence-electron chi connectivity index (χ4n) is 6.15. The van der Waals surface area contributed by atoms with Crippen LogP contribution in [0, 0.1) is 0 Å². The quantitative estimate of drug-likeness (QED) is 0.179. The first-order chi connectivity index (χ1) is 22.3. The third-order valence-electron chi connectivity index (χ3n) is 8.35. The molecule has 0 aliphatic carbocycles. The van der Waals surface area contributed by atoms with E-state index in [-0.39, 0.29) is 0 Å². The second-order valence-electron chi connectivity index (χ2n) is 11.2. The van der Waals surface area contributed by atoms with Crippen molar-refractivity contribution >= 4 is 0 Å². The minimum Gasteiger partial charge on any atom is -0.323 e. The van der Waals surface area contributed by atoms with Gasteiger partial charge in [0.1, 0.15) is 0 Å². The van der Waals surface area contributed by atoms with Crippen LogP contribution in [0.25, 0.3) is 61.8 Å². The zero-order valence-corrected chi connectivity index (χ0v) is 24.7. The van der Waals surface area contributed by atoms with Crippen LogP contribution in [-0.2, 0) is 0 Å². The Morgan fingerprint density at radius 2 is 0.622 bits per heavy atom. The zero-order valence-electron chi connectivity index (χ0n) is 24.7. The van der Waals surface area contributed by atoms with Gasteiger partial charge in [-0.15, -0.1) is 0 Å². The van der Waals surface area contributed by atoms with Crippen molar-refractivity contribution in [3.63, 3.8) is 0 Å². The van der Waals surface area contributed by atoms with Gasteiger partial charge in [-0.1, -0.05) is 115 Å². The Morgan fingerprint density at radius 3 is 1.00 bits per heavy atom. The van der Waals surface area contributed by atoms with E-state index in [1.807, 2.05) is 0 Å². The van der Waals surface area contributed by atoms with Crippen LogP contribution in [-0.4, -0.2) is 13.7 Å². The van der Waals surface area contributed by atoms with E-state index < -0.39 is 0 Å². The van der Waals surface area contributed by atoms with Crippen molar-refractivity contribution in [2.45, 2.75) is 0 Å². The molecule has 45 heavy (non-hydrogen) atoms. The first-order valence-electron chi connectivity index (χ1n) is 15.3. The number of nitrogens with zero attached hydrogens (tertiary/aromatic N) is 3. The van der Waals surface area contributed by atoms with E-state index in [1.165, 1.54) is 22.3 Å². The van der Waals surface area contributed by atoms with E-state index in [0.29, 0.717) is 0 Å². The van der Waals surface area contributed by atoms with Gasteiger partial charge in [0.15, 0.2) is 0 Å². The Labute approximate surface area is 263 Å². The van der Waals surface area contributed by atoms with Gasteiger partial charge in [0.05, 0.1) is 11.4 Å². The molecule has 214 valence electrons. The molecule has 5 aromatic carbocycles. The fraction of sp³-hybridized carbons (Fsp3) is 0. The van der Waals surface area contributed by atoms with Gasteiger partial charge in [-0.3, -0.25) is 0 Å². The van der Waals surface area contributed by atoms with Gasteiger partial charge < -0.3 is 13.7 Å². The van der Waals surface area contributed by atoms with Crippen LogP contribution in [0.2, 0.25) is 0 Å². The van der Waals surface area contributed by atoms with Gasteiger partial charge in [0.25, 0.3) is 0 Å². The lowest BCUT2D eigenvalue weighted by Gasteiger charge is -2.09. The Kier molecular flexibility index (Phi) is 6.82. The lowest BCUT2D eigenvalue weighted by atomic mass is 10.0. The highest BCUT2D eigenvalue weighted by Gasteiger charge is 2.20. The van der Waals surface area contributed by atoms with Crippen LogP contribution in [0.3, 0.4) is 0 Å². The van der Waals surface area contributed by atoms with Crippen molar-refractivity contribution in [2.75, 3.05) is 0 Å². The van der Waals surface area contributed by atoms with Crippen molar-refractivity contribution < 1.29 is 0 Å². The maximum Gasteiger partial charge on any atom is 0.0534 e. The standard InChI is InChI=1S/C42H31N3/c1-6-16-32(17-7-1)41-26-34(28-44(41)37-22-12-4-13-23-37)39-30-43(36-20-10-3-11-21-36)31-40(39)35-27-42(33-18-8-2-9-19-33)45(29-35)38-24-14-5-15-25-38/h1-31H. The minimum absolute atomic E-state index is 1.13. The van der Waals surface area contributed by atoms with Crippen molar-refractivity contribution in [1.29, 1.82) is 0 Å². The maximum atomic E-state index is 2.32. The molecular weight excluding hydrogens is 546 g/mol. The summed E-state index contributed by atoms with van der Waals surface area (Å²) < 4.78 is 6.85. The molecule has 0 amide bonds. The summed E-state index contributed by atoms with van der Waals surface area (Å²) in [5.41, 5.74) is 12.7. The van der Waals surface area contributed by atoms with Gasteiger partial charge >= 0.3 is 0 Å². The molecule has 0 saturated heterocycles. The van der Waals surface area contributed by atoms with E-state index in [4.69, 9.17) is 0 Å². The predicted octanol–water partition coefficient (Wildman–Crippen LogP) is 10.7. The Hall–Kier alpha value is -6.06. The molecule has 0 bridgehead atoms. The van der Waals surface area contributed by atoms with Gasteiger partial charge in [-0.25, -0.2) is 0 Å². The van der Waals surface area contributed by atoms with Crippen LogP contribution in [0.1, 0.15) is 0 Å². The molecule has 0 N–H and O–H groups in total. The Bertz CT molecular complexity index is 1920. The van der Waals surface area contributed by atoms with E-state index in [1.54, 1.807) is 0 Å². The molecule has 3 nitrogen and oxygen atoms in total. The van der Waals surface area contributed by atoms with E-state index >= 15 is 0 Å². The van der Waals surface area contributed by atoms with Gasteiger partial charge in [-0.05, 0) is 59.7 Å². The number of aromatic nitrogens is 3. The summed E-state index contributed by atoms with van der Waals surface area (Å²) in [6.45, 7) is 0. The average molecular weight is 578 g/mol. The molecule has 0 radical (unpaired) electrons. The van der Waals surface area contributed by atoms with Crippen molar-refractivity contribution in [3.8, 4) is 61.8 Å². The molecule has 0 unspecified atom stereocenters. The Balaban J connectivity index is 1.36. The lowest BCUT2D eigenvalue weighted by Crippen LogP contribution is -1.94. The topological polar surface area (TPSA) is 14.8 Å². The molecule has 0 aliphatic heterocycles. The molecule has 3 heteroatoms. The van der Waals surface area contributed by atoms with Crippen LogP contribution in [0.4, 0.5) is 0 Å². The first-order valence-corrected chi connectivity index (χ1v) is 15.3. The highest BCUT2D eigenvalue weighted by molar-refractivity contribution is 5.88. The number of benzene rings is 5. The van der Waals surface area contributed by atoms with Crippen molar-refractivity contribution in [1.82, 2.24) is 13.7 Å².